The molecule has 1 atom stereocenters. The number of halogens is 1. The highest BCUT2D eigenvalue weighted by atomic mass is 35.5. The molecule has 3 rings (SSSR count). The molecule has 0 bridgehead atoms. The molecule has 0 radical (unpaired) electrons. The fraction of sp³-hybridized carbons (Fsp3) is 0.412. The third kappa shape index (κ3) is 3.78. The van der Waals surface area contributed by atoms with Crippen LogP contribution in [0.15, 0.2) is 17.5 Å². The van der Waals surface area contributed by atoms with Crippen LogP contribution < -0.4 is 15.2 Å². The number of aromatic nitrogens is 1. The molecular weight excluding hydrogens is 378 g/mol. The first-order chi connectivity index (χ1) is 12.1. The van der Waals surface area contributed by atoms with Crippen LogP contribution in [-0.4, -0.2) is 48.2 Å². The molecule has 7 nitrogen and oxygen atoms in total. The molecule has 1 amide bonds. The molecule has 9 heteroatoms. The number of thiazole rings is 1. The Hall–Kier alpha value is -1.87. The van der Waals surface area contributed by atoms with Gasteiger partial charge < -0.3 is 25.2 Å². The van der Waals surface area contributed by atoms with Crippen molar-refractivity contribution in [2.24, 2.45) is 5.73 Å². The highest BCUT2D eigenvalue weighted by Crippen LogP contribution is 2.39. The first-order valence-electron chi connectivity index (χ1n) is 7.94. The highest BCUT2D eigenvalue weighted by molar-refractivity contribution is 7.09. The van der Waals surface area contributed by atoms with E-state index in [0.29, 0.717) is 42.3 Å². The van der Waals surface area contributed by atoms with Gasteiger partial charge in [-0.25, -0.2) is 4.98 Å². The van der Waals surface area contributed by atoms with E-state index in [2.05, 4.69) is 4.98 Å². The predicted octanol–water partition coefficient (Wildman–Crippen LogP) is 1.77. The Morgan fingerprint density at radius 3 is 2.73 bits per heavy atom. The van der Waals surface area contributed by atoms with Crippen molar-refractivity contribution in [3.05, 3.63) is 39.3 Å². The number of benzene rings is 1. The molecule has 142 valence electrons. The summed E-state index contributed by atoms with van der Waals surface area (Å²) in [6, 6.07) is 3.54. The number of fused-ring (bicyclic) bond motifs is 1. The summed E-state index contributed by atoms with van der Waals surface area (Å²) < 4.78 is 10.7. The lowest BCUT2D eigenvalue weighted by Crippen LogP contribution is -2.38. The van der Waals surface area contributed by atoms with Crippen molar-refractivity contribution in [3.63, 3.8) is 0 Å². The molecule has 26 heavy (non-hydrogen) atoms. The Labute approximate surface area is 162 Å². The zero-order chi connectivity index (χ0) is 18.0. The monoisotopic (exact) mass is 399 g/mol. The second kappa shape index (κ2) is 8.68. The highest BCUT2D eigenvalue weighted by Gasteiger charge is 2.33. The van der Waals surface area contributed by atoms with Gasteiger partial charge in [-0.3, -0.25) is 4.79 Å². The van der Waals surface area contributed by atoms with E-state index in [0.717, 1.165) is 10.6 Å². The number of rotatable bonds is 5. The molecule has 0 spiro atoms. The van der Waals surface area contributed by atoms with Crippen LogP contribution in [-0.2, 0) is 13.0 Å². The third-order valence-corrected chi connectivity index (χ3v) is 5.11. The summed E-state index contributed by atoms with van der Waals surface area (Å²) in [5, 5.41) is 13.2. The van der Waals surface area contributed by atoms with Crippen LogP contribution in [0.1, 0.15) is 32.7 Å². The Bertz CT molecular complexity index is 783. The number of ether oxygens (including phenoxy) is 2. The van der Waals surface area contributed by atoms with Gasteiger partial charge in [0.05, 0.1) is 32.3 Å². The number of carbonyl (C=O) groups is 1. The standard InChI is InChI=1S/C17H21N3O4S.ClH/c1-23-13-3-4-14(24-2)16-10(13)7-20(8-12(16)21)17(22)11-9-25-15(19-11)5-6-18;/h3-4,9,12,21H,5-8,18H2,1-2H3;1H. The topological polar surface area (TPSA) is 97.9 Å². The maximum absolute atomic E-state index is 12.8. The summed E-state index contributed by atoms with van der Waals surface area (Å²) >= 11 is 1.42. The molecule has 0 aliphatic carbocycles. The van der Waals surface area contributed by atoms with E-state index in [9.17, 15) is 9.90 Å². The summed E-state index contributed by atoms with van der Waals surface area (Å²) in [4.78, 5) is 18.7. The van der Waals surface area contributed by atoms with Crippen LogP contribution in [0, 0.1) is 0 Å². The van der Waals surface area contributed by atoms with Gasteiger partial charge in [0.25, 0.3) is 5.91 Å². The zero-order valence-electron chi connectivity index (χ0n) is 14.6. The Balaban J connectivity index is 0.00000243. The average molecular weight is 400 g/mol. The number of aliphatic hydroxyl groups is 1. The first-order valence-corrected chi connectivity index (χ1v) is 8.82. The van der Waals surface area contributed by atoms with E-state index in [1.165, 1.54) is 11.3 Å². The van der Waals surface area contributed by atoms with E-state index < -0.39 is 6.10 Å². The molecule has 0 saturated heterocycles. The molecule has 2 aromatic rings. The van der Waals surface area contributed by atoms with Crippen molar-refractivity contribution in [3.8, 4) is 11.5 Å². The smallest absolute Gasteiger partial charge is 0.273 e. The molecule has 0 saturated carbocycles. The molecule has 1 unspecified atom stereocenters. The second-order valence-corrected chi connectivity index (χ2v) is 6.67. The minimum absolute atomic E-state index is 0. The lowest BCUT2D eigenvalue weighted by molar-refractivity contribution is 0.0534. The van der Waals surface area contributed by atoms with Crippen molar-refractivity contribution >= 4 is 29.7 Å². The Morgan fingerprint density at radius 1 is 1.38 bits per heavy atom. The van der Waals surface area contributed by atoms with Gasteiger partial charge in [-0.1, -0.05) is 0 Å². The largest absolute Gasteiger partial charge is 0.496 e. The van der Waals surface area contributed by atoms with Gasteiger partial charge in [0.2, 0.25) is 0 Å². The number of methoxy groups -OCH3 is 2. The molecule has 1 aliphatic heterocycles. The minimum atomic E-state index is -0.847. The maximum Gasteiger partial charge on any atom is 0.273 e. The van der Waals surface area contributed by atoms with E-state index >= 15 is 0 Å². The number of aliphatic hydroxyl groups excluding tert-OH is 1. The Morgan fingerprint density at radius 2 is 2.08 bits per heavy atom. The summed E-state index contributed by atoms with van der Waals surface area (Å²) in [5.41, 5.74) is 7.34. The molecule has 1 aliphatic rings. The SMILES string of the molecule is COc1ccc(OC)c2c1CN(C(=O)c1csc(CCN)n1)CC2O.Cl. The zero-order valence-corrected chi connectivity index (χ0v) is 16.2. The van der Waals surface area contributed by atoms with Crippen LogP contribution in [0.5, 0.6) is 11.5 Å². The van der Waals surface area contributed by atoms with E-state index in [1.54, 1.807) is 36.6 Å². The van der Waals surface area contributed by atoms with Crippen LogP contribution in [0.4, 0.5) is 0 Å². The van der Waals surface area contributed by atoms with Gasteiger partial charge >= 0.3 is 0 Å². The molecular formula is C17H22ClN3O4S. The van der Waals surface area contributed by atoms with Crippen LogP contribution in [0.2, 0.25) is 0 Å². The fourth-order valence-corrected chi connectivity index (χ4v) is 3.83. The molecule has 3 N–H and O–H groups in total. The lowest BCUT2D eigenvalue weighted by atomic mass is 9.95. The van der Waals surface area contributed by atoms with Crippen molar-refractivity contribution < 1.29 is 19.4 Å². The van der Waals surface area contributed by atoms with Crippen molar-refractivity contribution in [1.82, 2.24) is 9.88 Å². The van der Waals surface area contributed by atoms with Crippen molar-refractivity contribution in [2.75, 3.05) is 27.3 Å². The summed E-state index contributed by atoms with van der Waals surface area (Å²) in [5.74, 6) is 0.998. The third-order valence-electron chi connectivity index (χ3n) is 4.21. The fourth-order valence-electron chi connectivity index (χ4n) is 3.04. The quantitative estimate of drug-likeness (QED) is 0.795. The number of nitrogens with two attached hydrogens (primary N) is 1. The normalized spacial score (nSPS) is 15.8. The molecule has 1 aromatic carbocycles. The molecule has 2 heterocycles. The predicted molar refractivity (Wildman–Crippen MR) is 101 cm³/mol. The van der Waals surface area contributed by atoms with E-state index in [4.69, 9.17) is 15.2 Å². The number of hydrogen-bond donors (Lipinski definition) is 2. The number of carbonyl (C=O) groups excluding carboxylic acids is 1. The van der Waals surface area contributed by atoms with Crippen LogP contribution in [0.25, 0.3) is 0 Å². The average Bonchev–Trinajstić information content (AvgIpc) is 3.08. The van der Waals surface area contributed by atoms with Gasteiger partial charge in [0.15, 0.2) is 0 Å². The van der Waals surface area contributed by atoms with Gasteiger partial charge in [-0.2, -0.15) is 0 Å². The maximum atomic E-state index is 12.8. The van der Waals surface area contributed by atoms with E-state index in [1.807, 2.05) is 0 Å². The summed E-state index contributed by atoms with van der Waals surface area (Å²) in [6.45, 7) is 1.00. The first kappa shape index (κ1) is 20.4. The molecule has 1 aromatic heterocycles. The summed E-state index contributed by atoms with van der Waals surface area (Å²) in [6.07, 6.45) is -0.200. The van der Waals surface area contributed by atoms with Gasteiger partial charge in [0.1, 0.15) is 23.3 Å². The van der Waals surface area contributed by atoms with E-state index in [-0.39, 0.29) is 24.9 Å². The number of nitrogens with zero attached hydrogens (tertiary/aromatic N) is 2. The second-order valence-electron chi connectivity index (χ2n) is 5.73. The van der Waals surface area contributed by atoms with Crippen molar-refractivity contribution in [2.45, 2.75) is 19.1 Å². The number of hydrogen-bond acceptors (Lipinski definition) is 7. The van der Waals surface area contributed by atoms with Gasteiger partial charge in [-0.15, -0.1) is 23.7 Å². The number of amides is 1. The molecule has 0 fully saturated rings. The summed E-state index contributed by atoms with van der Waals surface area (Å²) in [7, 11) is 3.12. The van der Waals surface area contributed by atoms with Gasteiger partial charge in [0, 0.05) is 22.9 Å². The van der Waals surface area contributed by atoms with Crippen LogP contribution in [0.3, 0.4) is 0 Å². The lowest BCUT2D eigenvalue weighted by Gasteiger charge is -2.33. The van der Waals surface area contributed by atoms with Crippen molar-refractivity contribution in [1.29, 1.82) is 0 Å². The minimum Gasteiger partial charge on any atom is -0.496 e. The Kier molecular flexibility index (Phi) is 6.82. The van der Waals surface area contributed by atoms with Gasteiger partial charge in [-0.05, 0) is 18.7 Å². The van der Waals surface area contributed by atoms with Crippen LogP contribution >= 0.6 is 23.7 Å². The number of β-amino-alcohol motifs (C(OH)–C–C–N with tert-alkyl or cyclic N) is 1.